The van der Waals surface area contributed by atoms with E-state index in [1.807, 2.05) is 19.9 Å². The van der Waals surface area contributed by atoms with Gasteiger partial charge in [0.05, 0.1) is 5.69 Å². The Kier molecular flexibility index (Phi) is 4.57. The Hall–Kier alpha value is -3.07. The second-order valence-electron chi connectivity index (χ2n) is 5.26. The van der Waals surface area contributed by atoms with Crippen molar-refractivity contribution in [2.75, 3.05) is 0 Å². The largest absolute Gasteiger partial charge is 0.493 e. The molecule has 0 radical (unpaired) electrons. The number of aryl methyl sites for hydroxylation is 2. The molecule has 25 heavy (non-hydrogen) atoms. The molecule has 3 rings (SSSR count). The van der Waals surface area contributed by atoms with Gasteiger partial charge in [0.1, 0.15) is 10.6 Å². The Morgan fingerprint density at radius 1 is 1.36 bits per heavy atom. The van der Waals surface area contributed by atoms with Crippen LogP contribution in [0.3, 0.4) is 0 Å². The van der Waals surface area contributed by atoms with Gasteiger partial charge in [0.25, 0.3) is 5.56 Å². The maximum Gasteiger partial charge on any atom is 0.335 e. The molecule has 2 heterocycles. The normalized spacial score (nSPS) is 11.3. The van der Waals surface area contributed by atoms with Gasteiger partial charge < -0.3 is 5.11 Å². The lowest BCUT2D eigenvalue weighted by Gasteiger charge is -2.09. The molecule has 3 aromatic rings. The third-order valence-electron chi connectivity index (χ3n) is 3.44. The number of aliphatic imine (C=N–C) groups is 1. The molecule has 0 unspecified atom stereocenters. The summed E-state index contributed by atoms with van der Waals surface area (Å²) in [4.78, 5) is 30.4. The van der Waals surface area contributed by atoms with Crippen LogP contribution >= 0.6 is 11.3 Å². The van der Waals surface area contributed by atoms with Crippen LogP contribution in [-0.2, 0) is 6.42 Å². The summed E-state index contributed by atoms with van der Waals surface area (Å²) in [5, 5.41) is 19.4. The maximum atomic E-state index is 12.1. The SMILES string of the molecule is CCc1nnc(N=Cc2c(O)n(-c3cccc(C)c3)c(=O)[nH]c2=O)s1. The van der Waals surface area contributed by atoms with Crippen molar-refractivity contribution in [3.63, 3.8) is 0 Å². The Morgan fingerprint density at radius 2 is 2.16 bits per heavy atom. The van der Waals surface area contributed by atoms with Crippen LogP contribution in [0.2, 0.25) is 0 Å². The number of H-pyrrole nitrogens is 1. The first-order chi connectivity index (χ1) is 12.0. The second-order valence-corrected chi connectivity index (χ2v) is 6.30. The number of hydrogen-bond acceptors (Lipinski definition) is 7. The van der Waals surface area contributed by atoms with Crippen molar-refractivity contribution in [1.29, 1.82) is 0 Å². The van der Waals surface area contributed by atoms with Crippen molar-refractivity contribution in [2.24, 2.45) is 4.99 Å². The zero-order valence-electron chi connectivity index (χ0n) is 13.6. The minimum atomic E-state index is -0.727. The highest BCUT2D eigenvalue weighted by Crippen LogP contribution is 2.20. The summed E-state index contributed by atoms with van der Waals surface area (Å²) in [6, 6.07) is 6.99. The zero-order valence-corrected chi connectivity index (χ0v) is 14.4. The Bertz CT molecular complexity index is 1060. The summed E-state index contributed by atoms with van der Waals surface area (Å²) in [5.74, 6) is -0.483. The summed E-state index contributed by atoms with van der Waals surface area (Å²) in [5.41, 5.74) is -0.233. The summed E-state index contributed by atoms with van der Waals surface area (Å²) >= 11 is 1.29. The number of aromatic nitrogens is 4. The van der Waals surface area contributed by atoms with E-state index in [9.17, 15) is 14.7 Å². The van der Waals surface area contributed by atoms with Gasteiger partial charge in [-0.25, -0.2) is 14.4 Å². The van der Waals surface area contributed by atoms with Crippen LogP contribution < -0.4 is 11.2 Å². The van der Waals surface area contributed by atoms with Crippen LogP contribution in [0.15, 0.2) is 38.8 Å². The molecule has 0 aliphatic rings. The minimum absolute atomic E-state index is 0.130. The molecule has 0 fully saturated rings. The molecule has 0 saturated heterocycles. The maximum absolute atomic E-state index is 12.1. The highest BCUT2D eigenvalue weighted by atomic mass is 32.1. The van der Waals surface area contributed by atoms with E-state index in [2.05, 4.69) is 20.2 Å². The molecule has 0 atom stereocenters. The van der Waals surface area contributed by atoms with Crippen LogP contribution in [0, 0.1) is 6.92 Å². The smallest absolute Gasteiger partial charge is 0.335 e. The highest BCUT2D eigenvalue weighted by molar-refractivity contribution is 7.14. The Balaban J connectivity index is 2.10. The van der Waals surface area contributed by atoms with Gasteiger partial charge >= 0.3 is 5.69 Å². The van der Waals surface area contributed by atoms with Gasteiger partial charge in [-0.2, -0.15) is 0 Å². The molecule has 8 nitrogen and oxygen atoms in total. The monoisotopic (exact) mass is 357 g/mol. The molecule has 0 spiro atoms. The minimum Gasteiger partial charge on any atom is -0.493 e. The van der Waals surface area contributed by atoms with E-state index in [1.165, 1.54) is 17.6 Å². The summed E-state index contributed by atoms with van der Waals surface area (Å²) in [6.45, 7) is 3.81. The molecule has 1 aromatic carbocycles. The lowest BCUT2D eigenvalue weighted by molar-refractivity contribution is 0.430. The van der Waals surface area contributed by atoms with Crippen LogP contribution in [-0.4, -0.2) is 31.1 Å². The van der Waals surface area contributed by atoms with Gasteiger partial charge in [-0.1, -0.05) is 30.4 Å². The number of aromatic amines is 1. The molecule has 0 saturated carbocycles. The molecule has 128 valence electrons. The average Bonchev–Trinajstić information content (AvgIpc) is 3.02. The van der Waals surface area contributed by atoms with Crippen LogP contribution in [0.4, 0.5) is 5.13 Å². The van der Waals surface area contributed by atoms with Gasteiger partial charge in [0.2, 0.25) is 11.0 Å². The van der Waals surface area contributed by atoms with E-state index >= 15 is 0 Å². The number of nitrogens with one attached hydrogen (secondary N) is 1. The third-order valence-corrected chi connectivity index (χ3v) is 4.42. The molecule has 9 heteroatoms. The molecule has 0 bridgehead atoms. The predicted octanol–water partition coefficient (Wildman–Crippen LogP) is 1.70. The standard InChI is InChI=1S/C16H15N5O3S/c1-3-12-19-20-15(25-12)17-8-11-13(22)18-16(24)21(14(11)23)10-6-4-5-9(2)7-10/h4-8,23H,3H2,1-2H3,(H,18,22,24). The number of nitrogens with zero attached hydrogens (tertiary/aromatic N) is 4. The van der Waals surface area contributed by atoms with Gasteiger partial charge in [0.15, 0.2) is 0 Å². The Morgan fingerprint density at radius 3 is 2.84 bits per heavy atom. The van der Waals surface area contributed by atoms with Crippen molar-refractivity contribution in [3.05, 3.63) is 61.2 Å². The fraction of sp³-hybridized carbons (Fsp3) is 0.188. The lowest BCUT2D eigenvalue weighted by Crippen LogP contribution is -2.31. The van der Waals surface area contributed by atoms with E-state index in [1.54, 1.807) is 18.2 Å². The Labute approximate surface area is 146 Å². The summed E-state index contributed by atoms with van der Waals surface area (Å²) in [6.07, 6.45) is 1.91. The highest BCUT2D eigenvalue weighted by Gasteiger charge is 2.14. The van der Waals surface area contributed by atoms with Crippen LogP contribution in [0.1, 0.15) is 23.1 Å². The van der Waals surface area contributed by atoms with E-state index in [4.69, 9.17) is 0 Å². The van der Waals surface area contributed by atoms with Gasteiger partial charge in [-0.05, 0) is 31.0 Å². The second kappa shape index (κ2) is 6.81. The lowest BCUT2D eigenvalue weighted by atomic mass is 10.2. The number of hydrogen-bond donors (Lipinski definition) is 2. The van der Waals surface area contributed by atoms with E-state index in [0.717, 1.165) is 21.6 Å². The van der Waals surface area contributed by atoms with Crippen LogP contribution in [0.25, 0.3) is 5.69 Å². The molecule has 0 aliphatic carbocycles. The summed E-state index contributed by atoms with van der Waals surface area (Å²) in [7, 11) is 0. The van der Waals surface area contributed by atoms with Crippen molar-refractivity contribution in [3.8, 4) is 11.6 Å². The molecule has 2 N–H and O–H groups in total. The zero-order chi connectivity index (χ0) is 18.0. The fourth-order valence-corrected chi connectivity index (χ4v) is 2.84. The average molecular weight is 357 g/mol. The topological polar surface area (TPSA) is 113 Å². The molecule has 0 amide bonds. The van der Waals surface area contributed by atoms with Gasteiger partial charge in [0, 0.05) is 6.21 Å². The van der Waals surface area contributed by atoms with Crippen molar-refractivity contribution in [2.45, 2.75) is 20.3 Å². The number of aromatic hydroxyl groups is 1. The van der Waals surface area contributed by atoms with Crippen molar-refractivity contribution in [1.82, 2.24) is 19.7 Å². The van der Waals surface area contributed by atoms with E-state index in [-0.39, 0.29) is 5.56 Å². The van der Waals surface area contributed by atoms with E-state index in [0.29, 0.717) is 10.8 Å². The molecule has 2 aromatic heterocycles. The van der Waals surface area contributed by atoms with E-state index < -0.39 is 17.1 Å². The first-order valence-corrected chi connectivity index (χ1v) is 8.33. The van der Waals surface area contributed by atoms with Crippen molar-refractivity contribution < 1.29 is 5.11 Å². The number of rotatable bonds is 4. The first kappa shape index (κ1) is 16.8. The quantitative estimate of drug-likeness (QED) is 0.690. The fourth-order valence-electron chi connectivity index (χ4n) is 2.22. The molecular weight excluding hydrogens is 342 g/mol. The summed E-state index contributed by atoms with van der Waals surface area (Å²) < 4.78 is 1.02. The van der Waals surface area contributed by atoms with Gasteiger partial charge in [-0.3, -0.25) is 9.78 Å². The predicted molar refractivity (Wildman–Crippen MR) is 95.6 cm³/mol. The third kappa shape index (κ3) is 3.41. The first-order valence-electron chi connectivity index (χ1n) is 7.51. The number of benzene rings is 1. The molecular formula is C16H15N5O3S. The van der Waals surface area contributed by atoms with Crippen LogP contribution in [0.5, 0.6) is 5.88 Å². The molecule has 0 aliphatic heterocycles. The van der Waals surface area contributed by atoms with Gasteiger partial charge in [-0.15, -0.1) is 10.2 Å². The van der Waals surface area contributed by atoms with Crippen molar-refractivity contribution >= 4 is 22.7 Å².